The molecule has 3 rings (SSSR count). The van der Waals surface area contributed by atoms with Crippen molar-refractivity contribution in [1.29, 1.82) is 0 Å². The maximum atomic E-state index is 12.8. The molecule has 0 N–H and O–H groups in total. The van der Waals surface area contributed by atoms with Gasteiger partial charge < -0.3 is 9.80 Å². The van der Waals surface area contributed by atoms with E-state index in [-0.39, 0.29) is 17.1 Å². The van der Waals surface area contributed by atoms with Crippen LogP contribution in [-0.2, 0) is 16.0 Å². The van der Waals surface area contributed by atoms with E-state index in [9.17, 15) is 9.59 Å². The summed E-state index contributed by atoms with van der Waals surface area (Å²) in [5.41, 5.74) is 1.27. The maximum Gasteiger partial charge on any atom is 0.235 e. The fourth-order valence-corrected chi connectivity index (χ4v) is 4.52. The van der Waals surface area contributed by atoms with Gasteiger partial charge in [0.15, 0.2) is 0 Å². The Balaban J connectivity index is 1.40. The van der Waals surface area contributed by atoms with E-state index < -0.39 is 0 Å². The fraction of sp³-hybridized carbons (Fsp3) is 0.391. The predicted octanol–water partition coefficient (Wildman–Crippen LogP) is 4.51. The van der Waals surface area contributed by atoms with Gasteiger partial charge in [0.05, 0.1) is 5.25 Å². The van der Waals surface area contributed by atoms with Gasteiger partial charge in [0.2, 0.25) is 11.8 Å². The maximum absolute atomic E-state index is 12.8. The summed E-state index contributed by atoms with van der Waals surface area (Å²) in [6.45, 7) is 4.38. The van der Waals surface area contributed by atoms with E-state index in [1.54, 1.807) is 0 Å². The van der Waals surface area contributed by atoms with Crippen LogP contribution in [0.4, 0.5) is 0 Å². The number of aryl methyl sites for hydroxylation is 1. The predicted molar refractivity (Wildman–Crippen MR) is 119 cm³/mol. The Morgan fingerprint density at radius 1 is 0.966 bits per heavy atom. The summed E-state index contributed by atoms with van der Waals surface area (Å²) in [6.07, 6.45) is 2.34. The first-order valence-electron chi connectivity index (χ1n) is 10.1. The summed E-state index contributed by atoms with van der Waals surface area (Å²) in [4.78, 5) is 30.0. The van der Waals surface area contributed by atoms with Crippen molar-refractivity contribution in [3.63, 3.8) is 0 Å². The molecule has 0 saturated carbocycles. The number of carbonyl (C=O) groups excluding carboxylic acids is 2. The third-order valence-electron chi connectivity index (χ3n) is 5.12. The van der Waals surface area contributed by atoms with Gasteiger partial charge in [-0.05, 0) is 49.6 Å². The second-order valence-corrected chi connectivity index (χ2v) is 9.11. The molecule has 1 heterocycles. The molecule has 0 spiro atoms. The third kappa shape index (κ3) is 6.51. The third-order valence-corrected chi connectivity index (χ3v) is 6.47. The van der Waals surface area contributed by atoms with Crippen molar-refractivity contribution in [2.24, 2.45) is 0 Å². The molecule has 2 amide bonds. The molecule has 1 aliphatic rings. The standard InChI is InChI=1S/C23H27ClN2O2S/c1-18(29-21-12-10-20(24)11-13-21)23(28)26-16-14-25(15-17-26)22(27)9-5-8-19-6-3-2-4-7-19/h2-4,6-7,10-13,18H,5,8-9,14-17H2,1H3. The summed E-state index contributed by atoms with van der Waals surface area (Å²) in [7, 11) is 0. The van der Waals surface area contributed by atoms with Crippen LogP contribution in [0.1, 0.15) is 25.3 Å². The quantitative estimate of drug-likeness (QED) is 0.606. The van der Waals surface area contributed by atoms with E-state index in [1.807, 2.05) is 59.2 Å². The number of nitrogens with zero attached hydrogens (tertiary/aromatic N) is 2. The molecule has 0 bridgehead atoms. The summed E-state index contributed by atoms with van der Waals surface area (Å²) in [5.74, 6) is 0.317. The number of halogens is 1. The van der Waals surface area contributed by atoms with Crippen LogP contribution in [0.2, 0.25) is 5.02 Å². The minimum atomic E-state index is -0.163. The molecule has 0 aromatic heterocycles. The Hall–Kier alpha value is -1.98. The van der Waals surface area contributed by atoms with Crippen LogP contribution in [0.3, 0.4) is 0 Å². The average Bonchev–Trinajstić information content (AvgIpc) is 2.75. The van der Waals surface area contributed by atoms with Gasteiger partial charge in [-0.25, -0.2) is 0 Å². The molecular weight excluding hydrogens is 404 g/mol. The van der Waals surface area contributed by atoms with Crippen LogP contribution < -0.4 is 0 Å². The van der Waals surface area contributed by atoms with Gasteiger partial charge in [0, 0.05) is 42.5 Å². The molecule has 0 radical (unpaired) electrons. The highest BCUT2D eigenvalue weighted by molar-refractivity contribution is 8.00. The van der Waals surface area contributed by atoms with Crippen molar-refractivity contribution in [2.45, 2.75) is 36.3 Å². The number of hydrogen-bond donors (Lipinski definition) is 0. The molecule has 4 nitrogen and oxygen atoms in total. The van der Waals surface area contributed by atoms with Gasteiger partial charge in [-0.3, -0.25) is 9.59 Å². The highest BCUT2D eigenvalue weighted by Crippen LogP contribution is 2.26. The Labute approximate surface area is 182 Å². The Bertz CT molecular complexity index is 805. The van der Waals surface area contributed by atoms with Crippen molar-refractivity contribution >= 4 is 35.2 Å². The van der Waals surface area contributed by atoms with Crippen molar-refractivity contribution in [3.05, 3.63) is 65.2 Å². The fourth-order valence-electron chi connectivity index (χ4n) is 3.45. The largest absolute Gasteiger partial charge is 0.339 e. The normalized spacial score (nSPS) is 15.2. The van der Waals surface area contributed by atoms with Crippen molar-refractivity contribution in [3.8, 4) is 0 Å². The molecule has 6 heteroatoms. The van der Waals surface area contributed by atoms with Crippen LogP contribution in [0, 0.1) is 0 Å². The molecule has 2 aromatic carbocycles. The first-order chi connectivity index (χ1) is 14.0. The molecule has 1 aliphatic heterocycles. The lowest BCUT2D eigenvalue weighted by Crippen LogP contribution is -2.52. The van der Waals surface area contributed by atoms with Crippen molar-refractivity contribution in [2.75, 3.05) is 26.2 Å². The second-order valence-electron chi connectivity index (χ2n) is 7.26. The average molecular weight is 431 g/mol. The molecule has 1 saturated heterocycles. The zero-order valence-electron chi connectivity index (χ0n) is 16.7. The number of amides is 2. The zero-order valence-corrected chi connectivity index (χ0v) is 18.3. The molecule has 1 atom stereocenters. The summed E-state index contributed by atoms with van der Waals surface area (Å²) in [6, 6.07) is 17.8. The van der Waals surface area contributed by atoms with Crippen molar-refractivity contribution < 1.29 is 9.59 Å². The number of piperazine rings is 1. The lowest BCUT2D eigenvalue weighted by Gasteiger charge is -2.36. The summed E-state index contributed by atoms with van der Waals surface area (Å²) in [5, 5.41) is 0.530. The van der Waals surface area contributed by atoms with E-state index in [1.165, 1.54) is 17.3 Å². The Morgan fingerprint density at radius 2 is 1.59 bits per heavy atom. The highest BCUT2D eigenvalue weighted by atomic mass is 35.5. The van der Waals surface area contributed by atoms with Gasteiger partial charge in [-0.2, -0.15) is 0 Å². The lowest BCUT2D eigenvalue weighted by atomic mass is 10.1. The second kappa shape index (κ2) is 10.7. The van der Waals surface area contributed by atoms with Crippen LogP contribution in [-0.4, -0.2) is 53.0 Å². The topological polar surface area (TPSA) is 40.6 Å². The summed E-state index contributed by atoms with van der Waals surface area (Å²) < 4.78 is 0. The van der Waals surface area contributed by atoms with Gasteiger partial charge in [0.1, 0.15) is 0 Å². The monoisotopic (exact) mass is 430 g/mol. The molecule has 0 aliphatic carbocycles. The number of hydrogen-bond acceptors (Lipinski definition) is 3. The van der Waals surface area contributed by atoms with Crippen LogP contribution in [0.25, 0.3) is 0 Å². The molecule has 29 heavy (non-hydrogen) atoms. The van der Waals surface area contributed by atoms with E-state index in [2.05, 4.69) is 12.1 Å². The van der Waals surface area contributed by atoms with Gasteiger partial charge >= 0.3 is 0 Å². The Morgan fingerprint density at radius 3 is 2.24 bits per heavy atom. The highest BCUT2D eigenvalue weighted by Gasteiger charge is 2.27. The number of carbonyl (C=O) groups is 2. The molecular formula is C23H27ClN2O2S. The summed E-state index contributed by atoms with van der Waals surface area (Å²) >= 11 is 7.46. The number of thioether (sulfide) groups is 1. The van der Waals surface area contributed by atoms with Crippen molar-refractivity contribution in [1.82, 2.24) is 9.80 Å². The van der Waals surface area contributed by atoms with Gasteiger partial charge in [-0.1, -0.05) is 41.9 Å². The van der Waals surface area contributed by atoms with Crippen LogP contribution in [0.5, 0.6) is 0 Å². The van der Waals surface area contributed by atoms with Crippen LogP contribution in [0.15, 0.2) is 59.5 Å². The number of rotatable bonds is 7. The SMILES string of the molecule is CC(Sc1ccc(Cl)cc1)C(=O)N1CCN(C(=O)CCCc2ccccc2)CC1. The smallest absolute Gasteiger partial charge is 0.235 e. The molecule has 1 fully saturated rings. The first kappa shape index (κ1) is 21.7. The first-order valence-corrected chi connectivity index (χ1v) is 11.3. The van der Waals surface area contributed by atoms with E-state index in [0.29, 0.717) is 37.6 Å². The van der Waals surface area contributed by atoms with Gasteiger partial charge in [0.25, 0.3) is 0 Å². The molecule has 2 aromatic rings. The lowest BCUT2D eigenvalue weighted by molar-refractivity contribution is -0.139. The van der Waals surface area contributed by atoms with Gasteiger partial charge in [-0.15, -0.1) is 11.8 Å². The minimum absolute atomic E-state index is 0.126. The number of benzene rings is 2. The van der Waals surface area contributed by atoms with Crippen LogP contribution >= 0.6 is 23.4 Å². The minimum Gasteiger partial charge on any atom is -0.339 e. The van der Waals surface area contributed by atoms with E-state index in [4.69, 9.17) is 11.6 Å². The zero-order chi connectivity index (χ0) is 20.6. The van der Waals surface area contributed by atoms with E-state index >= 15 is 0 Å². The molecule has 1 unspecified atom stereocenters. The molecule has 154 valence electrons. The van der Waals surface area contributed by atoms with E-state index in [0.717, 1.165) is 17.7 Å². The Kier molecular flexibility index (Phi) is 8.01.